The molecule has 0 saturated heterocycles. The summed E-state index contributed by atoms with van der Waals surface area (Å²) in [6.07, 6.45) is -28.2. The van der Waals surface area contributed by atoms with E-state index in [0.29, 0.717) is 0 Å². The van der Waals surface area contributed by atoms with Crippen molar-refractivity contribution >= 4 is 61.7 Å². The first kappa shape index (κ1) is 59.0. The van der Waals surface area contributed by atoms with E-state index in [0.717, 1.165) is 0 Å². The van der Waals surface area contributed by atoms with Gasteiger partial charge in [-0.05, 0) is 0 Å². The van der Waals surface area contributed by atoms with Crippen molar-refractivity contribution in [2.24, 2.45) is 0 Å². The Morgan fingerprint density at radius 3 is 0.902 bits per heavy atom. The number of carboxylic acid groups (broad SMARTS) is 2. The number of carbonyl (C=O) groups excluding carboxylic acids is 4. The van der Waals surface area contributed by atoms with Crippen LogP contribution in [-0.4, -0.2) is 288 Å². The topological polar surface area (TPSA) is 519 Å². The fraction of sp³-hybridized carbons (Fsp3) is 0.833. The van der Waals surface area contributed by atoms with Crippen molar-refractivity contribution in [1.29, 1.82) is 0 Å². The Labute approximate surface area is 316 Å². The largest absolute Gasteiger partial charge is 2.00 e. The molecule has 0 unspecified atom stereocenters. The fourth-order valence-corrected chi connectivity index (χ4v) is 2.54. The summed E-state index contributed by atoms with van der Waals surface area (Å²) in [5.41, 5.74) is 0. The molecule has 27 heteroatoms. The van der Waals surface area contributed by atoms with Crippen molar-refractivity contribution in [1.82, 2.24) is 0 Å². The van der Waals surface area contributed by atoms with Crippen LogP contribution in [0.2, 0.25) is 0 Å². The maximum absolute atomic E-state index is 10.5. The van der Waals surface area contributed by atoms with Gasteiger partial charge in [0.2, 0.25) is 0 Å². The van der Waals surface area contributed by atoms with E-state index in [2.05, 4.69) is 0 Å². The molecule has 51 heavy (non-hydrogen) atoms. The molecule has 0 aromatic rings. The smallest absolute Gasteiger partial charge is 0.547 e. The second kappa shape index (κ2) is 32.2. The maximum Gasteiger partial charge on any atom is 2.00 e. The van der Waals surface area contributed by atoms with E-state index >= 15 is 0 Å². The van der Waals surface area contributed by atoms with Crippen LogP contribution in [-0.2, 0) is 19.2 Å². The molecule has 0 bridgehead atoms. The van der Waals surface area contributed by atoms with Gasteiger partial charge in [0.05, 0.1) is 38.4 Å². The molecule has 0 spiro atoms. The maximum atomic E-state index is 10.5. The van der Waals surface area contributed by atoms with Crippen LogP contribution < -0.4 is 10.2 Å². The third kappa shape index (κ3) is 23.9. The number of hydrogen-bond donors (Lipinski definition) is 20. The zero-order valence-corrected chi connectivity index (χ0v) is 28.6. The normalized spacial score (nSPS) is 19.7. The summed E-state index contributed by atoms with van der Waals surface area (Å²) in [6.45, 7) is -4.17. The molecule has 0 saturated carbocycles. The second-order valence-electron chi connectivity index (χ2n) is 9.66. The van der Waals surface area contributed by atoms with Crippen molar-refractivity contribution in [2.45, 2.75) is 91.6 Å². The molecule has 0 amide bonds. The van der Waals surface area contributed by atoms with Gasteiger partial charge in [0.15, 0.2) is 12.1 Å². The Bertz CT molecular complexity index is 878. The molecular weight excluding hydrogens is 744 g/mol. The van der Waals surface area contributed by atoms with Gasteiger partial charge in [-0.2, -0.15) is 0 Å². The van der Waals surface area contributed by atoms with Gasteiger partial charge in [-0.15, -0.1) is 0 Å². The molecule has 0 aliphatic rings. The van der Waals surface area contributed by atoms with Crippen LogP contribution in [0.3, 0.4) is 0 Å². The number of aliphatic hydroxyl groups is 20. The van der Waals surface area contributed by atoms with E-state index in [1.165, 1.54) is 0 Å². The Morgan fingerprint density at radius 2 is 0.686 bits per heavy atom. The van der Waals surface area contributed by atoms with Crippen LogP contribution in [0.4, 0.5) is 0 Å². The predicted molar refractivity (Wildman–Crippen MR) is 152 cm³/mol. The number of ketones is 1. The quantitative estimate of drug-likeness (QED) is 0.0402. The summed E-state index contributed by atoms with van der Waals surface area (Å²) in [6, 6.07) is 0. The van der Waals surface area contributed by atoms with Gasteiger partial charge in [0.1, 0.15) is 98.2 Å². The minimum Gasteiger partial charge on any atom is -0.547 e. The van der Waals surface area contributed by atoms with Crippen LogP contribution in [0.1, 0.15) is 0 Å². The van der Waals surface area contributed by atoms with Crippen molar-refractivity contribution in [3.63, 3.8) is 0 Å². The molecule has 0 aliphatic carbocycles. The van der Waals surface area contributed by atoms with E-state index in [1.54, 1.807) is 0 Å². The summed E-state index contributed by atoms with van der Waals surface area (Å²) in [7, 11) is 0. The Hall–Kier alpha value is -1.26. The molecule has 300 valence electrons. The molecular formula is C24H46CaO26. The number of aliphatic hydroxyl groups excluding tert-OH is 20. The van der Waals surface area contributed by atoms with Crippen LogP contribution in [0.5, 0.6) is 0 Å². The number of rotatable bonds is 20. The Balaban J connectivity index is -0.000000183. The third-order valence-corrected chi connectivity index (χ3v) is 5.80. The van der Waals surface area contributed by atoms with E-state index in [4.69, 9.17) is 102 Å². The molecule has 0 aromatic carbocycles. The van der Waals surface area contributed by atoms with E-state index in [-0.39, 0.29) is 44.0 Å². The van der Waals surface area contributed by atoms with Gasteiger partial charge >= 0.3 is 37.7 Å². The molecule has 26 nitrogen and oxygen atoms in total. The van der Waals surface area contributed by atoms with Gasteiger partial charge in [-0.1, -0.05) is 0 Å². The number of carbonyl (C=O) groups is 4. The number of aldehydes is 1. The van der Waals surface area contributed by atoms with Gasteiger partial charge in [0, 0.05) is 0 Å². The number of carboxylic acids is 2. The molecule has 0 aromatic heterocycles. The van der Waals surface area contributed by atoms with Crippen molar-refractivity contribution in [2.75, 3.05) is 33.0 Å². The summed E-state index contributed by atoms with van der Waals surface area (Å²) in [4.78, 5) is 40.4. The van der Waals surface area contributed by atoms with Gasteiger partial charge in [-0.25, -0.2) is 0 Å². The average Bonchev–Trinajstić information content (AvgIpc) is 3.12. The van der Waals surface area contributed by atoms with Crippen LogP contribution in [0, 0.1) is 0 Å². The van der Waals surface area contributed by atoms with E-state index in [1.807, 2.05) is 0 Å². The van der Waals surface area contributed by atoms with Crippen molar-refractivity contribution < 1.29 is 132 Å². The number of hydrogen-bond acceptors (Lipinski definition) is 26. The Kier molecular flexibility index (Phi) is 37.3. The van der Waals surface area contributed by atoms with E-state index < -0.39 is 142 Å². The average molecular weight is 791 g/mol. The predicted octanol–water partition coefficient (Wildman–Crippen LogP) is -16.8. The summed E-state index contributed by atoms with van der Waals surface area (Å²) in [5.74, 6) is -4.96. The fourth-order valence-electron chi connectivity index (χ4n) is 2.54. The number of aliphatic carboxylic acids is 2. The summed E-state index contributed by atoms with van der Waals surface area (Å²) in [5, 5.41) is 193. The molecule has 15 atom stereocenters. The SMILES string of the molecule is O=C(CO)[C@@H](O)[C@H](O)[C@H](O)CO.O=C([O-])[C@H](O)[C@@H](O)[C@H](O)[C@H](O)CO.O=C([O-])[C@H](O)[C@@H](O)[C@H](O)[C@H](O)CO.O=C[C@H](O)[C@@H](O)[C@H](O)[C@H](O)CO.[Ca+2]. The summed E-state index contributed by atoms with van der Waals surface area (Å²) >= 11 is 0. The Morgan fingerprint density at radius 1 is 0.431 bits per heavy atom. The standard InChI is InChI=1S/2C6H12O7.2C6H12O6.Ca/c2*7-1-2(8)3(9)4(10)5(11)6(12)13;2*7-1-3(9)5(11)6(12)4(10)2-8;/h2*2-5,7-11H,1H2,(H,12,13);3,5-9,11-12H,1-2H2;1,3-6,8-12H,2H2;/q;;;;+2/p-2/t2*2-,3-,4+,5-;3-,5-,6-;3-,4+,5+,6+;/m1110./s1. The van der Waals surface area contributed by atoms with Crippen molar-refractivity contribution in [3.05, 3.63) is 0 Å². The van der Waals surface area contributed by atoms with Gasteiger partial charge in [-0.3, -0.25) is 4.79 Å². The van der Waals surface area contributed by atoms with Crippen LogP contribution in [0.15, 0.2) is 0 Å². The van der Waals surface area contributed by atoms with E-state index in [9.17, 15) is 29.4 Å². The van der Waals surface area contributed by atoms with Crippen LogP contribution >= 0.6 is 0 Å². The summed E-state index contributed by atoms with van der Waals surface area (Å²) < 4.78 is 0. The zero-order chi connectivity index (χ0) is 40.6. The molecule has 0 fully saturated rings. The molecule has 0 radical (unpaired) electrons. The van der Waals surface area contributed by atoms with Crippen molar-refractivity contribution in [3.8, 4) is 0 Å². The monoisotopic (exact) mass is 790 g/mol. The van der Waals surface area contributed by atoms with Gasteiger partial charge < -0.3 is 127 Å². The van der Waals surface area contributed by atoms with Crippen LogP contribution in [0.25, 0.3) is 0 Å². The minimum absolute atomic E-state index is 0. The molecule has 0 rings (SSSR count). The first-order valence-corrected chi connectivity index (χ1v) is 13.6. The second-order valence-corrected chi connectivity index (χ2v) is 9.66. The van der Waals surface area contributed by atoms with Gasteiger partial charge in [0.25, 0.3) is 0 Å². The minimum atomic E-state index is -2.31. The third-order valence-electron chi connectivity index (χ3n) is 5.80. The molecule has 0 aliphatic heterocycles. The first-order valence-electron chi connectivity index (χ1n) is 13.6. The molecule has 20 N–H and O–H groups in total. The first-order chi connectivity index (χ1) is 22.9. The molecule has 0 heterocycles. The number of Topliss-reactive ketones (excluding diaryl/α,β-unsaturated/α-hetero) is 1. The zero-order valence-electron chi connectivity index (χ0n) is 26.4.